The van der Waals surface area contributed by atoms with Crippen LogP contribution in [0.5, 0.6) is 0 Å². The van der Waals surface area contributed by atoms with E-state index in [4.69, 9.17) is 4.74 Å². The Bertz CT molecular complexity index is 1120. The first-order valence-corrected chi connectivity index (χ1v) is 14.6. The molecule has 0 bridgehead atoms. The van der Waals surface area contributed by atoms with E-state index in [0.29, 0.717) is 19.6 Å². The SMILES string of the molecule is C[Si](C)(C)c1ccc(C#CCCNC(=O)OCC2c3ccccc3-c3ccccc32)cc1. The normalized spacial score (nSPS) is 12.3. The number of carbonyl (C=O) groups is 1. The molecule has 4 heteroatoms. The smallest absolute Gasteiger partial charge is 0.407 e. The van der Waals surface area contributed by atoms with Gasteiger partial charge in [0.2, 0.25) is 0 Å². The molecule has 0 atom stereocenters. The number of carbonyl (C=O) groups excluding carboxylic acids is 1. The molecule has 162 valence electrons. The highest BCUT2D eigenvalue weighted by atomic mass is 28.3. The summed E-state index contributed by atoms with van der Waals surface area (Å²) in [5, 5.41) is 4.24. The van der Waals surface area contributed by atoms with Crippen LogP contribution in [-0.2, 0) is 4.74 Å². The van der Waals surface area contributed by atoms with E-state index in [2.05, 4.69) is 85.3 Å². The number of amides is 1. The van der Waals surface area contributed by atoms with E-state index in [-0.39, 0.29) is 5.92 Å². The number of rotatable bonds is 5. The largest absolute Gasteiger partial charge is 0.449 e. The highest BCUT2D eigenvalue weighted by molar-refractivity contribution is 6.88. The zero-order valence-electron chi connectivity index (χ0n) is 18.9. The van der Waals surface area contributed by atoms with Crippen molar-refractivity contribution in [2.45, 2.75) is 32.0 Å². The summed E-state index contributed by atoms with van der Waals surface area (Å²) >= 11 is 0. The van der Waals surface area contributed by atoms with Crippen LogP contribution in [0.4, 0.5) is 4.79 Å². The van der Waals surface area contributed by atoms with Crippen LogP contribution in [0, 0.1) is 11.8 Å². The van der Waals surface area contributed by atoms with E-state index >= 15 is 0 Å². The fourth-order valence-electron chi connectivity index (χ4n) is 4.09. The zero-order valence-corrected chi connectivity index (χ0v) is 19.9. The van der Waals surface area contributed by atoms with Crippen LogP contribution in [0.15, 0.2) is 72.8 Å². The predicted octanol–water partition coefficient (Wildman–Crippen LogP) is 5.51. The molecule has 1 aliphatic carbocycles. The molecule has 0 fully saturated rings. The minimum atomic E-state index is -1.28. The lowest BCUT2D eigenvalue weighted by Gasteiger charge is -2.15. The number of hydrogen-bond acceptors (Lipinski definition) is 2. The molecule has 1 amide bonds. The van der Waals surface area contributed by atoms with Gasteiger partial charge in [0.15, 0.2) is 0 Å². The molecular weight excluding hydrogens is 410 g/mol. The molecule has 0 aliphatic heterocycles. The lowest BCUT2D eigenvalue weighted by molar-refractivity contribution is 0.143. The van der Waals surface area contributed by atoms with Gasteiger partial charge in [-0.05, 0) is 34.4 Å². The molecular formula is C28H29NO2Si. The third-order valence-electron chi connectivity index (χ3n) is 5.85. The summed E-state index contributed by atoms with van der Waals surface area (Å²) in [6.45, 7) is 7.81. The second-order valence-electron chi connectivity index (χ2n) is 9.13. The average Bonchev–Trinajstić information content (AvgIpc) is 3.11. The van der Waals surface area contributed by atoms with Crippen LogP contribution in [0.1, 0.15) is 29.0 Å². The topological polar surface area (TPSA) is 38.3 Å². The van der Waals surface area contributed by atoms with Crippen molar-refractivity contribution in [1.82, 2.24) is 5.32 Å². The van der Waals surface area contributed by atoms with Gasteiger partial charge >= 0.3 is 6.09 Å². The maximum absolute atomic E-state index is 12.2. The Labute approximate surface area is 191 Å². The van der Waals surface area contributed by atoms with Gasteiger partial charge in [-0.15, -0.1) is 0 Å². The monoisotopic (exact) mass is 439 g/mol. The predicted molar refractivity (Wildman–Crippen MR) is 134 cm³/mol. The van der Waals surface area contributed by atoms with Crippen LogP contribution in [-0.4, -0.2) is 27.3 Å². The summed E-state index contributed by atoms with van der Waals surface area (Å²) < 4.78 is 5.56. The fourth-order valence-corrected chi connectivity index (χ4v) is 5.26. The second-order valence-corrected chi connectivity index (χ2v) is 14.2. The zero-order chi connectivity index (χ0) is 22.6. The molecule has 3 aromatic rings. The Balaban J connectivity index is 1.26. The van der Waals surface area contributed by atoms with Crippen molar-refractivity contribution in [3.63, 3.8) is 0 Å². The van der Waals surface area contributed by atoms with Crippen molar-refractivity contribution in [2.75, 3.05) is 13.2 Å². The molecule has 0 saturated carbocycles. The Morgan fingerprint density at radius 1 is 0.906 bits per heavy atom. The van der Waals surface area contributed by atoms with Gasteiger partial charge in [0, 0.05) is 24.4 Å². The van der Waals surface area contributed by atoms with Crippen molar-refractivity contribution in [3.8, 4) is 23.0 Å². The van der Waals surface area contributed by atoms with Crippen molar-refractivity contribution in [3.05, 3.63) is 89.5 Å². The molecule has 1 N–H and O–H groups in total. The van der Waals surface area contributed by atoms with Gasteiger partial charge in [-0.2, -0.15) is 0 Å². The Hall–Kier alpha value is -3.29. The third-order valence-corrected chi connectivity index (χ3v) is 7.91. The number of benzene rings is 3. The third kappa shape index (κ3) is 4.95. The number of ether oxygens (including phenoxy) is 1. The molecule has 32 heavy (non-hydrogen) atoms. The molecule has 0 spiro atoms. The molecule has 3 nitrogen and oxygen atoms in total. The van der Waals surface area contributed by atoms with Crippen molar-refractivity contribution < 1.29 is 9.53 Å². The Kier molecular flexibility index (Phi) is 6.48. The lowest BCUT2D eigenvalue weighted by Crippen LogP contribution is -2.37. The summed E-state index contributed by atoms with van der Waals surface area (Å²) in [6, 6.07) is 25.2. The maximum Gasteiger partial charge on any atom is 0.407 e. The van der Waals surface area contributed by atoms with E-state index in [0.717, 1.165) is 5.56 Å². The minimum absolute atomic E-state index is 0.0760. The number of nitrogens with one attached hydrogen (secondary N) is 1. The molecule has 0 unspecified atom stereocenters. The highest BCUT2D eigenvalue weighted by Crippen LogP contribution is 2.44. The van der Waals surface area contributed by atoms with Crippen molar-refractivity contribution >= 4 is 19.4 Å². The summed E-state index contributed by atoms with van der Waals surface area (Å²) in [4.78, 5) is 12.2. The maximum atomic E-state index is 12.2. The van der Waals surface area contributed by atoms with E-state index < -0.39 is 14.2 Å². The number of fused-ring (bicyclic) bond motifs is 3. The second kappa shape index (κ2) is 9.46. The van der Waals surface area contributed by atoms with E-state index in [1.54, 1.807) is 0 Å². The van der Waals surface area contributed by atoms with Crippen molar-refractivity contribution in [2.24, 2.45) is 0 Å². The molecule has 0 aromatic heterocycles. The van der Waals surface area contributed by atoms with Crippen LogP contribution in [0.2, 0.25) is 19.6 Å². The minimum Gasteiger partial charge on any atom is -0.449 e. The van der Waals surface area contributed by atoms with Gasteiger partial charge in [-0.3, -0.25) is 0 Å². The van der Waals surface area contributed by atoms with Gasteiger partial charge in [-0.25, -0.2) is 4.79 Å². The first-order chi connectivity index (χ1) is 15.4. The van der Waals surface area contributed by atoms with Crippen LogP contribution in [0.3, 0.4) is 0 Å². The van der Waals surface area contributed by atoms with Crippen LogP contribution >= 0.6 is 0 Å². The van der Waals surface area contributed by atoms with E-state index in [1.807, 2.05) is 24.3 Å². The molecule has 0 saturated heterocycles. The lowest BCUT2D eigenvalue weighted by atomic mass is 9.98. The highest BCUT2D eigenvalue weighted by Gasteiger charge is 2.28. The summed E-state index contributed by atoms with van der Waals surface area (Å²) in [5.74, 6) is 6.37. The van der Waals surface area contributed by atoms with Gasteiger partial charge in [0.05, 0.1) is 8.07 Å². The quantitative estimate of drug-likeness (QED) is 0.323. The van der Waals surface area contributed by atoms with Gasteiger partial charge in [0.1, 0.15) is 6.61 Å². The molecule has 0 radical (unpaired) electrons. The molecule has 1 aliphatic rings. The number of hydrogen-bond donors (Lipinski definition) is 1. The van der Waals surface area contributed by atoms with Gasteiger partial charge in [-0.1, -0.05) is 97.3 Å². The average molecular weight is 440 g/mol. The first-order valence-electron chi connectivity index (χ1n) is 11.1. The van der Waals surface area contributed by atoms with E-state index in [9.17, 15) is 4.79 Å². The molecule has 3 aromatic carbocycles. The van der Waals surface area contributed by atoms with Gasteiger partial charge < -0.3 is 10.1 Å². The van der Waals surface area contributed by atoms with Crippen LogP contribution < -0.4 is 10.5 Å². The van der Waals surface area contributed by atoms with Crippen molar-refractivity contribution in [1.29, 1.82) is 0 Å². The summed E-state index contributed by atoms with van der Waals surface area (Å²) in [7, 11) is -1.28. The fraction of sp³-hybridized carbons (Fsp3) is 0.250. The van der Waals surface area contributed by atoms with E-state index in [1.165, 1.54) is 27.4 Å². The Morgan fingerprint density at radius 2 is 1.50 bits per heavy atom. The molecule has 0 heterocycles. The Morgan fingerprint density at radius 3 is 2.09 bits per heavy atom. The number of alkyl carbamates (subject to hydrolysis) is 1. The standard InChI is InChI=1S/C28H29NO2Si/c1-32(2,3)22-17-15-21(16-18-22)10-8-9-19-29-28(30)31-20-27-25-13-6-4-11-23(25)24-12-5-7-14-26(24)27/h4-7,11-18,27H,9,19-20H2,1-3H3,(H,29,30). The first kappa shape index (κ1) is 21.9. The molecule has 4 rings (SSSR count). The van der Waals surface area contributed by atoms with Gasteiger partial charge in [0.25, 0.3) is 0 Å². The summed E-state index contributed by atoms with van der Waals surface area (Å²) in [6.07, 6.45) is 0.188. The van der Waals surface area contributed by atoms with Crippen LogP contribution in [0.25, 0.3) is 11.1 Å². The summed E-state index contributed by atoms with van der Waals surface area (Å²) in [5.41, 5.74) is 5.89.